The smallest absolute Gasteiger partial charge is 0.338 e. The molecule has 9 heteroatoms. The number of carbonyl (C=O) groups excluding carboxylic acids is 2. The van der Waals surface area contributed by atoms with Gasteiger partial charge in [-0.1, -0.05) is 0 Å². The summed E-state index contributed by atoms with van der Waals surface area (Å²) in [5, 5.41) is 2.72. The number of carbonyl (C=O) groups is 2. The van der Waals surface area contributed by atoms with E-state index in [-0.39, 0.29) is 12.5 Å². The highest BCUT2D eigenvalue weighted by Crippen LogP contribution is 2.21. The van der Waals surface area contributed by atoms with Crippen LogP contribution in [0.25, 0.3) is 0 Å². The van der Waals surface area contributed by atoms with Gasteiger partial charge in [0.05, 0.1) is 24.1 Å². The summed E-state index contributed by atoms with van der Waals surface area (Å²) in [7, 11) is -1.89. The molecular weight excluding hydrogens is 396 g/mol. The molecule has 0 fully saturated rings. The van der Waals surface area contributed by atoms with Crippen LogP contribution in [-0.4, -0.2) is 46.8 Å². The summed E-state index contributed by atoms with van der Waals surface area (Å²) in [6, 6.07) is 11.2. The second-order valence-electron chi connectivity index (χ2n) is 6.31. The molecule has 8 nitrogen and oxygen atoms in total. The maximum atomic E-state index is 12.2. The van der Waals surface area contributed by atoms with E-state index in [0.29, 0.717) is 29.3 Å². The number of esters is 1. The monoisotopic (exact) mass is 420 g/mol. The Morgan fingerprint density at radius 3 is 2.31 bits per heavy atom. The van der Waals surface area contributed by atoms with Gasteiger partial charge in [0.15, 0.2) is 6.61 Å². The fraction of sp³-hybridized carbons (Fsp3) is 0.300. The number of nitrogens with one attached hydrogen (secondary N) is 1. The molecule has 0 unspecified atom stereocenters. The van der Waals surface area contributed by atoms with E-state index in [2.05, 4.69) is 5.32 Å². The minimum Gasteiger partial charge on any atom is -0.484 e. The fourth-order valence-electron chi connectivity index (χ4n) is 2.42. The van der Waals surface area contributed by atoms with Crippen LogP contribution in [0.2, 0.25) is 0 Å². The summed E-state index contributed by atoms with van der Waals surface area (Å²) in [5.41, 5.74) is 2.19. The van der Waals surface area contributed by atoms with Crippen molar-refractivity contribution in [3.63, 3.8) is 0 Å². The standard InChI is InChI=1S/C20H24N2O6S/c1-5-27-20(24)15-6-11-18(14(2)12-15)21-19(23)13-28-17-9-7-16(8-10-17)22(3)29(4,25)26/h6-12H,5,13H2,1-4H3,(H,21,23). The number of ether oxygens (including phenoxy) is 2. The van der Waals surface area contributed by atoms with Crippen LogP contribution in [0.3, 0.4) is 0 Å². The molecule has 0 aliphatic heterocycles. The zero-order chi connectivity index (χ0) is 21.6. The first-order valence-electron chi connectivity index (χ1n) is 8.86. The topological polar surface area (TPSA) is 102 Å². The van der Waals surface area contributed by atoms with Crippen molar-refractivity contribution in [2.24, 2.45) is 0 Å². The summed E-state index contributed by atoms with van der Waals surface area (Å²) in [6.07, 6.45) is 1.11. The number of benzene rings is 2. The van der Waals surface area contributed by atoms with Gasteiger partial charge < -0.3 is 14.8 Å². The Kier molecular flexibility index (Phi) is 7.22. The lowest BCUT2D eigenvalue weighted by atomic mass is 10.1. The van der Waals surface area contributed by atoms with Gasteiger partial charge in [-0.15, -0.1) is 0 Å². The Morgan fingerprint density at radius 2 is 1.76 bits per heavy atom. The summed E-state index contributed by atoms with van der Waals surface area (Å²) < 4.78 is 34.6. The Morgan fingerprint density at radius 1 is 1.10 bits per heavy atom. The van der Waals surface area contributed by atoms with E-state index in [0.717, 1.165) is 16.1 Å². The number of aryl methyl sites for hydroxylation is 1. The van der Waals surface area contributed by atoms with Gasteiger partial charge in [0.1, 0.15) is 5.75 Å². The summed E-state index contributed by atoms with van der Waals surface area (Å²) in [5.74, 6) is -0.351. The maximum absolute atomic E-state index is 12.2. The van der Waals surface area contributed by atoms with E-state index in [1.165, 1.54) is 7.05 Å². The molecule has 0 atom stereocenters. The molecule has 0 aromatic heterocycles. The third-order valence-corrected chi connectivity index (χ3v) is 5.29. The molecule has 0 saturated carbocycles. The van der Waals surface area contributed by atoms with Crippen LogP contribution < -0.4 is 14.4 Å². The molecule has 1 amide bonds. The van der Waals surface area contributed by atoms with Gasteiger partial charge in [0.2, 0.25) is 10.0 Å². The van der Waals surface area contributed by atoms with Gasteiger partial charge in [0.25, 0.3) is 5.91 Å². The molecule has 0 aliphatic rings. The number of amides is 1. The van der Waals surface area contributed by atoms with Crippen LogP contribution in [-0.2, 0) is 19.6 Å². The molecule has 2 rings (SSSR count). The van der Waals surface area contributed by atoms with Crippen LogP contribution in [0.4, 0.5) is 11.4 Å². The number of nitrogens with zero attached hydrogens (tertiary/aromatic N) is 1. The first kappa shape index (κ1) is 22.2. The van der Waals surface area contributed by atoms with Crippen molar-refractivity contribution < 1.29 is 27.5 Å². The van der Waals surface area contributed by atoms with Gasteiger partial charge in [-0.3, -0.25) is 9.10 Å². The van der Waals surface area contributed by atoms with Crippen molar-refractivity contribution in [1.82, 2.24) is 0 Å². The molecule has 0 bridgehead atoms. The van der Waals surface area contributed by atoms with E-state index in [1.54, 1.807) is 56.3 Å². The summed E-state index contributed by atoms with van der Waals surface area (Å²) in [4.78, 5) is 23.9. The van der Waals surface area contributed by atoms with E-state index >= 15 is 0 Å². The number of rotatable bonds is 8. The first-order valence-corrected chi connectivity index (χ1v) is 10.7. The first-order chi connectivity index (χ1) is 13.6. The Labute approximate surface area is 170 Å². The predicted octanol–water partition coefficient (Wildman–Crippen LogP) is 2.59. The third kappa shape index (κ3) is 6.21. The highest BCUT2D eigenvalue weighted by atomic mass is 32.2. The number of anilines is 2. The van der Waals surface area contributed by atoms with Crippen molar-refractivity contribution in [1.29, 1.82) is 0 Å². The minimum absolute atomic E-state index is 0.222. The fourth-order valence-corrected chi connectivity index (χ4v) is 2.93. The lowest BCUT2D eigenvalue weighted by molar-refractivity contribution is -0.118. The molecule has 2 aromatic rings. The Bertz CT molecular complexity index is 987. The third-order valence-electron chi connectivity index (χ3n) is 4.08. The van der Waals surface area contributed by atoms with Gasteiger partial charge in [-0.25, -0.2) is 13.2 Å². The zero-order valence-corrected chi connectivity index (χ0v) is 17.6. The molecule has 29 heavy (non-hydrogen) atoms. The highest BCUT2D eigenvalue weighted by molar-refractivity contribution is 7.92. The van der Waals surface area contributed by atoms with E-state index in [1.807, 2.05) is 0 Å². The van der Waals surface area contributed by atoms with Crippen molar-refractivity contribution in [2.45, 2.75) is 13.8 Å². The number of hydrogen-bond donors (Lipinski definition) is 1. The Balaban J connectivity index is 1.94. The normalized spacial score (nSPS) is 10.9. The summed E-state index contributed by atoms with van der Waals surface area (Å²) >= 11 is 0. The largest absolute Gasteiger partial charge is 0.484 e. The average molecular weight is 420 g/mol. The lowest BCUT2D eigenvalue weighted by Gasteiger charge is -2.17. The quantitative estimate of drug-likeness (QED) is 0.659. The van der Waals surface area contributed by atoms with E-state index in [4.69, 9.17) is 9.47 Å². The highest BCUT2D eigenvalue weighted by Gasteiger charge is 2.13. The van der Waals surface area contributed by atoms with Crippen LogP contribution in [0, 0.1) is 6.92 Å². The lowest BCUT2D eigenvalue weighted by Crippen LogP contribution is -2.24. The van der Waals surface area contributed by atoms with Crippen LogP contribution in [0.1, 0.15) is 22.8 Å². The number of hydrogen-bond acceptors (Lipinski definition) is 6. The summed E-state index contributed by atoms with van der Waals surface area (Å²) in [6.45, 7) is 3.58. The van der Waals surface area contributed by atoms with Crippen LogP contribution in [0.5, 0.6) is 5.75 Å². The van der Waals surface area contributed by atoms with Crippen molar-refractivity contribution in [2.75, 3.05) is 36.1 Å². The van der Waals surface area contributed by atoms with E-state index < -0.39 is 16.0 Å². The van der Waals surface area contributed by atoms with Crippen molar-refractivity contribution in [3.05, 3.63) is 53.6 Å². The van der Waals surface area contributed by atoms with Gasteiger partial charge in [-0.2, -0.15) is 0 Å². The molecule has 0 aliphatic carbocycles. The van der Waals surface area contributed by atoms with E-state index in [9.17, 15) is 18.0 Å². The van der Waals surface area contributed by atoms with Crippen LogP contribution >= 0.6 is 0 Å². The average Bonchev–Trinajstić information content (AvgIpc) is 2.67. The molecule has 2 aromatic carbocycles. The molecular formula is C20H24N2O6S. The number of sulfonamides is 1. The maximum Gasteiger partial charge on any atom is 0.338 e. The van der Waals surface area contributed by atoms with Gasteiger partial charge >= 0.3 is 5.97 Å². The predicted molar refractivity (Wildman–Crippen MR) is 111 cm³/mol. The molecule has 0 heterocycles. The molecule has 156 valence electrons. The van der Waals surface area contributed by atoms with Gasteiger partial charge in [-0.05, 0) is 61.9 Å². The minimum atomic E-state index is -3.35. The molecule has 0 spiro atoms. The molecule has 1 N–H and O–H groups in total. The molecule has 0 radical (unpaired) electrons. The van der Waals surface area contributed by atoms with Crippen molar-refractivity contribution >= 4 is 33.3 Å². The Hall–Kier alpha value is -3.07. The van der Waals surface area contributed by atoms with Gasteiger partial charge in [0, 0.05) is 12.7 Å². The SMILES string of the molecule is CCOC(=O)c1ccc(NC(=O)COc2ccc(N(C)S(C)(=O)=O)cc2)c(C)c1. The molecule has 0 saturated heterocycles. The van der Waals surface area contributed by atoms with Crippen LogP contribution in [0.15, 0.2) is 42.5 Å². The van der Waals surface area contributed by atoms with Crippen molar-refractivity contribution in [3.8, 4) is 5.75 Å². The second kappa shape index (κ2) is 9.42. The second-order valence-corrected chi connectivity index (χ2v) is 8.33. The zero-order valence-electron chi connectivity index (χ0n) is 16.8.